The van der Waals surface area contributed by atoms with Gasteiger partial charge in [-0.05, 0) is 41.3 Å². The lowest BCUT2D eigenvalue weighted by Crippen LogP contribution is -2.15. The molecule has 3 aromatic rings. The second-order valence-electron chi connectivity index (χ2n) is 7.88. The predicted octanol–water partition coefficient (Wildman–Crippen LogP) is 5.25. The molecular weight excluding hydrogens is 362 g/mol. The molecule has 0 aliphatic rings. The van der Waals surface area contributed by atoms with E-state index in [-0.39, 0.29) is 11.3 Å². The molecule has 0 fully saturated rings. The van der Waals surface area contributed by atoms with Gasteiger partial charge < -0.3 is 15.4 Å². The average Bonchev–Trinajstić information content (AvgIpc) is 2.72. The van der Waals surface area contributed by atoms with Gasteiger partial charge in [0.25, 0.3) is 5.91 Å². The van der Waals surface area contributed by atoms with Crippen molar-refractivity contribution in [2.45, 2.75) is 32.7 Å². The van der Waals surface area contributed by atoms with Crippen LogP contribution in [0.3, 0.4) is 0 Å². The zero-order valence-corrected chi connectivity index (χ0v) is 17.3. The van der Waals surface area contributed by atoms with Gasteiger partial charge in [-0.3, -0.25) is 4.79 Å². The Morgan fingerprint density at radius 1 is 0.966 bits per heavy atom. The van der Waals surface area contributed by atoms with Crippen molar-refractivity contribution in [1.82, 2.24) is 4.98 Å². The average molecular weight is 389 g/mol. The maximum Gasteiger partial charge on any atom is 0.274 e. The summed E-state index contributed by atoms with van der Waals surface area (Å²) in [5.41, 5.74) is 4.31. The Bertz CT molecular complexity index is 959. The van der Waals surface area contributed by atoms with Gasteiger partial charge in [-0.1, -0.05) is 51.1 Å². The number of amides is 1. The smallest absolute Gasteiger partial charge is 0.274 e. The second kappa shape index (κ2) is 8.78. The number of para-hydroxylation sites is 1. The summed E-state index contributed by atoms with van der Waals surface area (Å²) in [5.74, 6) is 0.603. The van der Waals surface area contributed by atoms with Crippen molar-refractivity contribution >= 4 is 17.3 Å². The van der Waals surface area contributed by atoms with Crippen LogP contribution in [0.25, 0.3) is 0 Å². The van der Waals surface area contributed by atoms with E-state index in [1.54, 1.807) is 19.4 Å². The SMILES string of the molecule is COc1ccccc1CNc1ccc(C(=O)Nc2ccc(C(C)(C)C)cc2)nc1. The van der Waals surface area contributed by atoms with Gasteiger partial charge in [-0.2, -0.15) is 0 Å². The van der Waals surface area contributed by atoms with Crippen LogP contribution in [0.1, 0.15) is 42.4 Å². The summed E-state index contributed by atoms with van der Waals surface area (Å²) in [6.45, 7) is 7.09. The van der Waals surface area contributed by atoms with E-state index in [1.807, 2.05) is 54.6 Å². The van der Waals surface area contributed by atoms with Gasteiger partial charge in [0.15, 0.2) is 0 Å². The predicted molar refractivity (Wildman–Crippen MR) is 118 cm³/mol. The number of ether oxygens (including phenoxy) is 1. The molecular formula is C24H27N3O2. The van der Waals surface area contributed by atoms with Gasteiger partial charge in [-0.25, -0.2) is 4.98 Å². The lowest BCUT2D eigenvalue weighted by atomic mass is 9.87. The minimum atomic E-state index is -0.232. The number of rotatable bonds is 6. The molecule has 0 bridgehead atoms. The number of nitrogens with zero attached hydrogens (tertiary/aromatic N) is 1. The van der Waals surface area contributed by atoms with Gasteiger partial charge in [0, 0.05) is 17.8 Å². The highest BCUT2D eigenvalue weighted by Gasteiger charge is 2.14. The lowest BCUT2D eigenvalue weighted by Gasteiger charge is -2.19. The normalized spacial score (nSPS) is 11.0. The van der Waals surface area contributed by atoms with Crippen molar-refractivity contribution < 1.29 is 9.53 Å². The van der Waals surface area contributed by atoms with E-state index in [4.69, 9.17) is 4.74 Å². The Morgan fingerprint density at radius 3 is 2.28 bits per heavy atom. The first kappa shape index (κ1) is 20.4. The highest BCUT2D eigenvalue weighted by molar-refractivity contribution is 6.02. The molecule has 150 valence electrons. The number of aromatic nitrogens is 1. The van der Waals surface area contributed by atoms with Crippen LogP contribution < -0.4 is 15.4 Å². The van der Waals surface area contributed by atoms with Gasteiger partial charge in [0.1, 0.15) is 11.4 Å². The third-order valence-electron chi connectivity index (χ3n) is 4.68. The number of hydrogen-bond acceptors (Lipinski definition) is 4. The molecule has 0 unspecified atom stereocenters. The molecule has 0 radical (unpaired) electrons. The molecule has 0 saturated heterocycles. The quantitative estimate of drug-likeness (QED) is 0.604. The molecule has 1 aromatic heterocycles. The number of pyridine rings is 1. The first-order valence-electron chi connectivity index (χ1n) is 9.60. The molecule has 0 aliphatic carbocycles. The fourth-order valence-corrected chi connectivity index (χ4v) is 2.93. The van der Waals surface area contributed by atoms with Crippen LogP contribution in [-0.2, 0) is 12.0 Å². The molecule has 0 atom stereocenters. The summed E-state index contributed by atoms with van der Waals surface area (Å²) >= 11 is 0. The van der Waals surface area contributed by atoms with Crippen LogP contribution in [0.5, 0.6) is 5.75 Å². The second-order valence-corrected chi connectivity index (χ2v) is 7.88. The molecule has 29 heavy (non-hydrogen) atoms. The Hall–Kier alpha value is -3.34. The van der Waals surface area contributed by atoms with Crippen molar-refractivity contribution in [3.63, 3.8) is 0 Å². The van der Waals surface area contributed by atoms with Gasteiger partial charge in [-0.15, -0.1) is 0 Å². The number of nitrogens with one attached hydrogen (secondary N) is 2. The van der Waals surface area contributed by atoms with Crippen molar-refractivity contribution in [3.05, 3.63) is 83.7 Å². The van der Waals surface area contributed by atoms with Gasteiger partial charge >= 0.3 is 0 Å². The molecule has 5 nitrogen and oxygen atoms in total. The molecule has 0 saturated carbocycles. The third-order valence-corrected chi connectivity index (χ3v) is 4.68. The standard InChI is InChI=1S/C24H27N3O2/c1-24(2,3)18-9-11-19(12-10-18)27-23(28)21-14-13-20(16-26-21)25-15-17-7-5-6-8-22(17)29-4/h5-14,16,25H,15H2,1-4H3,(H,27,28). The third kappa shape index (κ3) is 5.35. The number of carbonyl (C=O) groups excluding carboxylic acids is 1. The zero-order chi connectivity index (χ0) is 20.9. The Morgan fingerprint density at radius 2 is 1.66 bits per heavy atom. The van der Waals surface area contributed by atoms with Crippen molar-refractivity contribution in [3.8, 4) is 5.75 Å². The minimum Gasteiger partial charge on any atom is -0.496 e. The van der Waals surface area contributed by atoms with Gasteiger partial charge in [0.05, 0.1) is 19.0 Å². The van der Waals surface area contributed by atoms with Crippen molar-refractivity contribution in [2.75, 3.05) is 17.7 Å². The molecule has 1 heterocycles. The summed E-state index contributed by atoms with van der Waals surface area (Å²) in [4.78, 5) is 16.7. The number of hydrogen-bond donors (Lipinski definition) is 2. The molecule has 5 heteroatoms. The van der Waals surface area contributed by atoms with E-state index >= 15 is 0 Å². The maximum atomic E-state index is 12.5. The Balaban J connectivity index is 1.60. The number of methoxy groups -OCH3 is 1. The van der Waals surface area contributed by atoms with Crippen LogP contribution in [0, 0.1) is 0 Å². The van der Waals surface area contributed by atoms with E-state index in [0.717, 1.165) is 22.7 Å². The molecule has 2 aromatic carbocycles. The first-order chi connectivity index (χ1) is 13.9. The van der Waals surface area contributed by atoms with E-state index in [0.29, 0.717) is 12.2 Å². The fraction of sp³-hybridized carbons (Fsp3) is 0.250. The van der Waals surface area contributed by atoms with E-state index in [2.05, 4.69) is 36.4 Å². The number of anilines is 2. The lowest BCUT2D eigenvalue weighted by molar-refractivity contribution is 0.102. The van der Waals surface area contributed by atoms with Crippen LogP contribution in [0.15, 0.2) is 66.9 Å². The first-order valence-corrected chi connectivity index (χ1v) is 9.60. The topological polar surface area (TPSA) is 63.2 Å². The Labute approximate surface area is 172 Å². The summed E-state index contributed by atoms with van der Waals surface area (Å²) in [7, 11) is 1.66. The summed E-state index contributed by atoms with van der Waals surface area (Å²) < 4.78 is 5.36. The molecule has 1 amide bonds. The fourth-order valence-electron chi connectivity index (χ4n) is 2.93. The number of carbonyl (C=O) groups is 1. The van der Waals surface area contributed by atoms with E-state index in [1.165, 1.54) is 5.56 Å². The highest BCUT2D eigenvalue weighted by atomic mass is 16.5. The van der Waals surface area contributed by atoms with Crippen LogP contribution in [0.4, 0.5) is 11.4 Å². The molecule has 0 aliphatic heterocycles. The summed E-state index contributed by atoms with van der Waals surface area (Å²) in [6.07, 6.45) is 1.66. The van der Waals surface area contributed by atoms with Crippen LogP contribution in [0.2, 0.25) is 0 Å². The Kier molecular flexibility index (Phi) is 6.17. The van der Waals surface area contributed by atoms with Crippen LogP contribution >= 0.6 is 0 Å². The van der Waals surface area contributed by atoms with Gasteiger partial charge in [0.2, 0.25) is 0 Å². The molecule has 0 spiro atoms. The summed E-state index contributed by atoms with van der Waals surface area (Å²) in [6, 6.07) is 19.3. The van der Waals surface area contributed by atoms with E-state index < -0.39 is 0 Å². The van der Waals surface area contributed by atoms with Crippen molar-refractivity contribution in [1.29, 1.82) is 0 Å². The number of benzene rings is 2. The summed E-state index contributed by atoms with van der Waals surface area (Å²) in [5, 5.41) is 6.19. The monoisotopic (exact) mass is 389 g/mol. The van der Waals surface area contributed by atoms with Crippen molar-refractivity contribution in [2.24, 2.45) is 0 Å². The maximum absolute atomic E-state index is 12.5. The minimum absolute atomic E-state index is 0.0801. The van der Waals surface area contributed by atoms with Crippen LogP contribution in [-0.4, -0.2) is 18.0 Å². The van der Waals surface area contributed by atoms with E-state index in [9.17, 15) is 4.79 Å². The largest absolute Gasteiger partial charge is 0.496 e. The molecule has 2 N–H and O–H groups in total. The zero-order valence-electron chi connectivity index (χ0n) is 17.3. The molecule has 3 rings (SSSR count). The highest BCUT2D eigenvalue weighted by Crippen LogP contribution is 2.24.